The van der Waals surface area contributed by atoms with Gasteiger partial charge in [-0.1, -0.05) is 6.07 Å². The second-order valence-electron chi connectivity index (χ2n) is 7.16. The van der Waals surface area contributed by atoms with Crippen molar-refractivity contribution in [2.75, 3.05) is 7.05 Å². The topological polar surface area (TPSA) is 116 Å². The van der Waals surface area contributed by atoms with E-state index in [4.69, 9.17) is 4.74 Å². The van der Waals surface area contributed by atoms with Gasteiger partial charge in [0.25, 0.3) is 0 Å². The first-order chi connectivity index (χ1) is 12.3. The largest absolute Gasteiger partial charge is 0.507 e. The number of carboxylic acids is 1. The van der Waals surface area contributed by atoms with Crippen LogP contribution in [0.2, 0.25) is 0 Å². The van der Waals surface area contributed by atoms with Gasteiger partial charge in [0.1, 0.15) is 23.4 Å². The Morgan fingerprint density at radius 1 is 1.30 bits per heavy atom. The molecule has 0 heterocycles. The van der Waals surface area contributed by atoms with Gasteiger partial charge >= 0.3 is 12.1 Å². The van der Waals surface area contributed by atoms with Crippen LogP contribution in [0, 0.1) is 0 Å². The summed E-state index contributed by atoms with van der Waals surface area (Å²) in [6.07, 6.45) is -0.721. The third-order valence-electron chi connectivity index (χ3n) is 3.65. The number of halogens is 1. The number of phenolic OH excluding ortho intramolecular Hbond substituents is 1. The number of phenols is 1. The molecule has 0 radical (unpaired) electrons. The number of alkyl carbamates (subject to hydrolysis) is 1. The molecule has 0 bridgehead atoms. The molecule has 0 spiro atoms. The number of nitrogens with one attached hydrogen (secondary N) is 1. The number of carbonyl (C=O) groups is 3. The van der Waals surface area contributed by atoms with Crippen LogP contribution in [0.3, 0.4) is 0 Å². The van der Waals surface area contributed by atoms with Crippen LogP contribution in [-0.4, -0.2) is 57.8 Å². The number of nitrogens with zero attached hydrogens (tertiary/aromatic N) is 1. The van der Waals surface area contributed by atoms with Crippen molar-refractivity contribution in [1.29, 1.82) is 0 Å². The SMILES string of the molecule is C[C@H](NC(=O)OC(C)(C)C)C(=O)N(C)[C@H](Cc1ccc(O)c(Br)c1)C(=O)O. The molecule has 8 nitrogen and oxygen atoms in total. The first kappa shape index (κ1) is 22.8. The standard InChI is InChI=1S/C18H25BrN2O6/c1-10(20-17(26)27-18(2,3)4)15(23)21(5)13(16(24)25)9-11-6-7-14(22)12(19)8-11/h6-8,10,13,22H,9H2,1-5H3,(H,20,26)(H,24,25)/t10-,13+/m0/s1. The smallest absolute Gasteiger partial charge is 0.408 e. The maximum absolute atomic E-state index is 12.5. The molecular weight excluding hydrogens is 420 g/mol. The molecule has 0 unspecified atom stereocenters. The zero-order valence-corrected chi connectivity index (χ0v) is 17.5. The first-order valence-electron chi connectivity index (χ1n) is 8.28. The Bertz CT molecular complexity index is 716. The van der Waals surface area contributed by atoms with E-state index < -0.39 is 35.7 Å². The second-order valence-corrected chi connectivity index (χ2v) is 8.02. The van der Waals surface area contributed by atoms with E-state index in [9.17, 15) is 24.6 Å². The van der Waals surface area contributed by atoms with Crippen LogP contribution < -0.4 is 5.32 Å². The highest BCUT2D eigenvalue weighted by Crippen LogP contribution is 2.25. The predicted octanol–water partition coefficient (Wildman–Crippen LogP) is 2.52. The molecule has 2 amide bonds. The van der Waals surface area contributed by atoms with E-state index in [1.807, 2.05) is 0 Å². The molecule has 0 saturated carbocycles. The number of amides is 2. The summed E-state index contributed by atoms with van der Waals surface area (Å²) >= 11 is 3.17. The van der Waals surface area contributed by atoms with Gasteiger partial charge in [-0.25, -0.2) is 9.59 Å². The molecule has 0 fully saturated rings. The van der Waals surface area contributed by atoms with Crippen LogP contribution in [-0.2, 0) is 20.7 Å². The van der Waals surface area contributed by atoms with Gasteiger partial charge in [-0.3, -0.25) is 4.79 Å². The first-order valence-corrected chi connectivity index (χ1v) is 9.07. The molecule has 3 N–H and O–H groups in total. The molecule has 0 aromatic heterocycles. The van der Waals surface area contributed by atoms with Crippen molar-refractivity contribution >= 4 is 33.9 Å². The van der Waals surface area contributed by atoms with E-state index in [-0.39, 0.29) is 12.2 Å². The Morgan fingerprint density at radius 3 is 2.37 bits per heavy atom. The minimum Gasteiger partial charge on any atom is -0.507 e. The second kappa shape index (κ2) is 9.07. The summed E-state index contributed by atoms with van der Waals surface area (Å²) in [5.74, 6) is -1.71. The van der Waals surface area contributed by atoms with Crippen LogP contribution in [0.4, 0.5) is 4.79 Å². The number of hydrogen-bond donors (Lipinski definition) is 3. The molecule has 27 heavy (non-hydrogen) atoms. The molecule has 9 heteroatoms. The van der Waals surface area contributed by atoms with Crippen LogP contribution >= 0.6 is 15.9 Å². The van der Waals surface area contributed by atoms with Gasteiger partial charge in [0.05, 0.1) is 4.47 Å². The van der Waals surface area contributed by atoms with Crippen LogP contribution in [0.15, 0.2) is 22.7 Å². The summed E-state index contributed by atoms with van der Waals surface area (Å²) in [7, 11) is 1.36. The molecular formula is C18H25BrN2O6. The van der Waals surface area contributed by atoms with Crippen molar-refractivity contribution in [3.63, 3.8) is 0 Å². The van der Waals surface area contributed by atoms with Gasteiger partial charge in [-0.2, -0.15) is 0 Å². The van der Waals surface area contributed by atoms with Gasteiger partial charge in [0.2, 0.25) is 5.91 Å². The fourth-order valence-corrected chi connectivity index (χ4v) is 2.72. The number of carboxylic acid groups (broad SMARTS) is 1. The molecule has 0 aliphatic rings. The summed E-state index contributed by atoms with van der Waals surface area (Å²) in [5, 5.41) is 21.5. The number of benzene rings is 1. The van der Waals surface area contributed by atoms with Gasteiger partial charge in [0.15, 0.2) is 0 Å². The summed E-state index contributed by atoms with van der Waals surface area (Å²) < 4.78 is 5.53. The number of rotatable bonds is 6. The Hall–Kier alpha value is -2.29. The van der Waals surface area contributed by atoms with E-state index in [0.717, 1.165) is 4.90 Å². The molecule has 1 aromatic carbocycles. The number of likely N-dealkylation sites (N-methyl/N-ethyl adjacent to an activating group) is 1. The Labute approximate surface area is 166 Å². The highest BCUT2D eigenvalue weighted by atomic mass is 79.9. The maximum atomic E-state index is 12.5. The van der Waals surface area contributed by atoms with E-state index in [1.165, 1.54) is 20.0 Å². The summed E-state index contributed by atoms with van der Waals surface area (Å²) in [4.78, 5) is 37.1. The quantitative estimate of drug-likeness (QED) is 0.620. The van der Waals surface area contributed by atoms with Gasteiger partial charge in [-0.05, 0) is 61.3 Å². The van der Waals surface area contributed by atoms with Crippen LogP contribution in [0.25, 0.3) is 0 Å². The van der Waals surface area contributed by atoms with Crippen molar-refractivity contribution in [3.05, 3.63) is 28.2 Å². The van der Waals surface area contributed by atoms with Gasteiger partial charge in [0, 0.05) is 13.5 Å². The average molecular weight is 445 g/mol. The number of ether oxygens (including phenoxy) is 1. The Morgan fingerprint density at radius 2 is 1.89 bits per heavy atom. The van der Waals surface area contributed by atoms with Crippen molar-refractivity contribution in [3.8, 4) is 5.75 Å². The van der Waals surface area contributed by atoms with E-state index >= 15 is 0 Å². The van der Waals surface area contributed by atoms with Crippen molar-refractivity contribution in [2.24, 2.45) is 0 Å². The highest BCUT2D eigenvalue weighted by Gasteiger charge is 2.31. The van der Waals surface area contributed by atoms with Crippen molar-refractivity contribution < 1.29 is 29.3 Å². The lowest BCUT2D eigenvalue weighted by Gasteiger charge is -2.28. The Balaban J connectivity index is 2.85. The van der Waals surface area contributed by atoms with E-state index in [0.29, 0.717) is 10.0 Å². The van der Waals surface area contributed by atoms with Crippen LogP contribution in [0.1, 0.15) is 33.3 Å². The fourth-order valence-electron chi connectivity index (χ4n) is 2.30. The number of carbonyl (C=O) groups excluding carboxylic acids is 2. The van der Waals surface area contributed by atoms with E-state index in [1.54, 1.807) is 32.9 Å². The maximum Gasteiger partial charge on any atom is 0.408 e. The van der Waals surface area contributed by atoms with Crippen molar-refractivity contribution in [2.45, 2.75) is 51.8 Å². The third kappa shape index (κ3) is 7.09. The molecule has 1 aromatic rings. The third-order valence-corrected chi connectivity index (χ3v) is 4.28. The highest BCUT2D eigenvalue weighted by molar-refractivity contribution is 9.10. The number of aromatic hydroxyl groups is 1. The minimum atomic E-state index is -1.18. The zero-order valence-electron chi connectivity index (χ0n) is 15.9. The predicted molar refractivity (Wildman–Crippen MR) is 103 cm³/mol. The normalized spacial score (nSPS) is 13.4. The monoisotopic (exact) mass is 444 g/mol. The lowest BCUT2D eigenvalue weighted by molar-refractivity contribution is -0.149. The van der Waals surface area contributed by atoms with Gasteiger partial charge in [-0.15, -0.1) is 0 Å². The number of hydrogen-bond acceptors (Lipinski definition) is 5. The van der Waals surface area contributed by atoms with E-state index in [2.05, 4.69) is 21.2 Å². The van der Waals surface area contributed by atoms with Crippen molar-refractivity contribution in [1.82, 2.24) is 10.2 Å². The van der Waals surface area contributed by atoms with Gasteiger partial charge < -0.3 is 25.2 Å². The minimum absolute atomic E-state index is 0.0326. The lowest BCUT2D eigenvalue weighted by Crippen LogP contribution is -2.52. The average Bonchev–Trinajstić information content (AvgIpc) is 2.52. The summed E-state index contributed by atoms with van der Waals surface area (Å²) in [5.41, 5.74) is -0.0892. The summed E-state index contributed by atoms with van der Waals surface area (Å²) in [6, 6.07) is 2.50. The molecule has 2 atom stereocenters. The fraction of sp³-hybridized carbons (Fsp3) is 0.500. The molecule has 0 aliphatic carbocycles. The lowest BCUT2D eigenvalue weighted by atomic mass is 10.0. The summed E-state index contributed by atoms with van der Waals surface area (Å²) in [6.45, 7) is 6.54. The van der Waals surface area contributed by atoms with Crippen LogP contribution in [0.5, 0.6) is 5.75 Å². The number of aliphatic carboxylic acids is 1. The molecule has 0 aliphatic heterocycles. The molecule has 1 rings (SSSR count). The Kier molecular flexibility index (Phi) is 7.65. The molecule has 0 saturated heterocycles. The molecule has 150 valence electrons. The zero-order chi connectivity index (χ0) is 20.9.